The van der Waals surface area contributed by atoms with Gasteiger partial charge in [0.2, 0.25) is 0 Å². The maximum Gasteiger partial charge on any atom is 0.159 e. The minimum absolute atomic E-state index is 0.722. The van der Waals surface area contributed by atoms with Crippen LogP contribution in [0.2, 0.25) is 6.04 Å². The van der Waals surface area contributed by atoms with E-state index in [9.17, 15) is 0 Å². The largest absolute Gasteiger partial charge is 0.438 e. The number of ether oxygens (including phenoxy) is 1. The quantitative estimate of drug-likeness (QED) is 0.374. The van der Waals surface area contributed by atoms with E-state index >= 15 is 0 Å². The van der Waals surface area contributed by atoms with Gasteiger partial charge < -0.3 is 9.53 Å². The first-order chi connectivity index (χ1) is 2.91. The van der Waals surface area contributed by atoms with Gasteiger partial charge in [0.25, 0.3) is 0 Å². The number of rotatable bonds is 3. The first-order valence-corrected chi connectivity index (χ1v) is 3.65. The summed E-state index contributed by atoms with van der Waals surface area (Å²) in [6.45, 7) is 0.725. The number of hydrogen-bond acceptors (Lipinski definition) is 2. The van der Waals surface area contributed by atoms with Gasteiger partial charge in [-0.05, 0) is 6.04 Å². The van der Waals surface area contributed by atoms with E-state index in [0.717, 1.165) is 12.7 Å². The van der Waals surface area contributed by atoms with Crippen molar-refractivity contribution in [2.45, 2.75) is 6.04 Å². The second-order valence-electron chi connectivity index (χ2n) is 1.07. The molecule has 0 spiro atoms. The molecule has 0 unspecified atom stereocenters. The molecule has 0 aromatic carbocycles. The average molecular weight is 106 g/mol. The molecule has 6 heavy (non-hydrogen) atoms. The van der Waals surface area contributed by atoms with Crippen molar-refractivity contribution >= 4 is 9.76 Å². The maximum absolute atomic E-state index is 8.26. The molecule has 0 aromatic heterocycles. The molecule has 0 heterocycles. The summed E-state index contributed by atoms with van der Waals surface area (Å²) >= 11 is 0. The van der Waals surface area contributed by atoms with E-state index in [4.69, 9.17) is 4.80 Å². The van der Waals surface area contributed by atoms with E-state index in [2.05, 4.69) is 4.74 Å². The summed E-state index contributed by atoms with van der Waals surface area (Å²) in [6, 6.07) is 0.885. The third-order valence-corrected chi connectivity index (χ3v) is 1.11. The molecule has 38 valence electrons. The molecule has 0 atom stereocenters. The molecule has 0 saturated heterocycles. The third-order valence-electron chi connectivity index (χ3n) is 0.507. The Labute approximate surface area is 40.1 Å². The lowest BCUT2D eigenvalue weighted by Gasteiger charge is -1.88. The molecule has 2 nitrogen and oxygen atoms in total. The lowest BCUT2D eigenvalue weighted by atomic mass is 10.9. The smallest absolute Gasteiger partial charge is 0.159 e. The minimum atomic E-state index is -0.722. The topological polar surface area (TPSA) is 29.5 Å². The van der Waals surface area contributed by atoms with Gasteiger partial charge in [0.05, 0.1) is 0 Å². The van der Waals surface area contributed by atoms with E-state index in [1.807, 2.05) is 0 Å². The SMILES string of the molecule is COCC[SiH2]O. The van der Waals surface area contributed by atoms with E-state index in [1.165, 1.54) is 0 Å². The van der Waals surface area contributed by atoms with Crippen molar-refractivity contribution in [3.63, 3.8) is 0 Å². The molecule has 0 bridgehead atoms. The second-order valence-corrected chi connectivity index (χ2v) is 2.22. The van der Waals surface area contributed by atoms with Crippen LogP contribution in [-0.4, -0.2) is 28.3 Å². The van der Waals surface area contributed by atoms with Gasteiger partial charge >= 0.3 is 0 Å². The van der Waals surface area contributed by atoms with E-state index in [0.29, 0.717) is 0 Å². The molecule has 0 aliphatic rings. The summed E-state index contributed by atoms with van der Waals surface area (Å²) in [4.78, 5) is 8.26. The molecule has 3 heteroatoms. The van der Waals surface area contributed by atoms with Crippen LogP contribution in [0.5, 0.6) is 0 Å². The summed E-state index contributed by atoms with van der Waals surface area (Å²) in [5.41, 5.74) is 0. The summed E-state index contributed by atoms with van der Waals surface area (Å²) in [5, 5.41) is 0. The predicted octanol–water partition coefficient (Wildman–Crippen LogP) is -0.873. The predicted molar refractivity (Wildman–Crippen MR) is 27.4 cm³/mol. The first kappa shape index (κ1) is 6.14. The van der Waals surface area contributed by atoms with E-state index in [1.54, 1.807) is 7.11 Å². The van der Waals surface area contributed by atoms with Crippen molar-refractivity contribution in [3.05, 3.63) is 0 Å². The Morgan fingerprint density at radius 2 is 2.50 bits per heavy atom. The van der Waals surface area contributed by atoms with E-state index < -0.39 is 9.76 Å². The van der Waals surface area contributed by atoms with Crippen LogP contribution in [0.4, 0.5) is 0 Å². The average Bonchev–Trinajstić information content (AvgIpc) is 1.61. The number of methoxy groups -OCH3 is 1. The summed E-state index contributed by atoms with van der Waals surface area (Å²) < 4.78 is 4.66. The summed E-state index contributed by atoms with van der Waals surface area (Å²) in [7, 11) is 0.921. The molecular formula is C3H10O2Si. The fourth-order valence-corrected chi connectivity index (χ4v) is 0.627. The van der Waals surface area contributed by atoms with Crippen LogP contribution >= 0.6 is 0 Å². The maximum atomic E-state index is 8.26. The van der Waals surface area contributed by atoms with E-state index in [-0.39, 0.29) is 0 Å². The van der Waals surface area contributed by atoms with Crippen LogP contribution in [-0.2, 0) is 4.74 Å². The zero-order chi connectivity index (χ0) is 4.83. The van der Waals surface area contributed by atoms with Crippen molar-refractivity contribution < 1.29 is 9.53 Å². The lowest BCUT2D eigenvalue weighted by molar-refractivity contribution is 0.213. The fourth-order valence-electron chi connectivity index (χ4n) is 0.209. The van der Waals surface area contributed by atoms with Gasteiger partial charge in [-0.25, -0.2) is 0 Å². The van der Waals surface area contributed by atoms with Gasteiger partial charge in [0, 0.05) is 13.7 Å². The minimum Gasteiger partial charge on any atom is -0.438 e. The van der Waals surface area contributed by atoms with Crippen molar-refractivity contribution in [2.24, 2.45) is 0 Å². The Kier molecular flexibility index (Phi) is 5.25. The molecule has 0 saturated carbocycles. The van der Waals surface area contributed by atoms with Crippen molar-refractivity contribution in [2.75, 3.05) is 13.7 Å². The summed E-state index contributed by atoms with van der Waals surface area (Å²) in [6.07, 6.45) is 0. The van der Waals surface area contributed by atoms with Gasteiger partial charge in [-0.3, -0.25) is 0 Å². The zero-order valence-corrected chi connectivity index (χ0v) is 5.39. The highest BCUT2D eigenvalue weighted by molar-refractivity contribution is 6.25. The highest BCUT2D eigenvalue weighted by Gasteiger charge is 1.77. The number of hydrogen-bond donors (Lipinski definition) is 1. The molecule has 0 rings (SSSR count). The normalized spacial score (nSPS) is 11.0. The van der Waals surface area contributed by atoms with Gasteiger partial charge in [-0.15, -0.1) is 0 Å². The standard InChI is InChI=1S/C3H10O2Si/c1-5-2-3-6-4/h4H,2-3,6H2,1H3. The Hall–Kier alpha value is 0.137. The van der Waals surface area contributed by atoms with Crippen molar-refractivity contribution in [1.29, 1.82) is 0 Å². The van der Waals surface area contributed by atoms with Crippen molar-refractivity contribution in [3.8, 4) is 0 Å². The van der Waals surface area contributed by atoms with Gasteiger partial charge in [-0.1, -0.05) is 0 Å². The third kappa shape index (κ3) is 4.14. The Bertz CT molecular complexity index is 20.8. The van der Waals surface area contributed by atoms with Crippen LogP contribution in [0.25, 0.3) is 0 Å². The van der Waals surface area contributed by atoms with Crippen LogP contribution in [0.3, 0.4) is 0 Å². The fraction of sp³-hybridized carbons (Fsp3) is 1.00. The Morgan fingerprint density at radius 3 is 2.67 bits per heavy atom. The molecular weight excluding hydrogens is 96.1 g/mol. The molecule has 1 N–H and O–H groups in total. The molecule has 0 radical (unpaired) electrons. The highest BCUT2D eigenvalue weighted by atomic mass is 28.2. The zero-order valence-electron chi connectivity index (χ0n) is 3.98. The Balaban J connectivity index is 2.34. The monoisotopic (exact) mass is 106 g/mol. The van der Waals surface area contributed by atoms with Crippen LogP contribution in [0.1, 0.15) is 0 Å². The molecule has 0 aliphatic heterocycles. The molecule has 0 aliphatic carbocycles. The molecule has 0 fully saturated rings. The van der Waals surface area contributed by atoms with Crippen LogP contribution in [0, 0.1) is 0 Å². The van der Waals surface area contributed by atoms with Gasteiger partial charge in [0.1, 0.15) is 0 Å². The highest BCUT2D eigenvalue weighted by Crippen LogP contribution is 1.72. The van der Waals surface area contributed by atoms with Crippen molar-refractivity contribution in [1.82, 2.24) is 0 Å². The van der Waals surface area contributed by atoms with Crippen LogP contribution < -0.4 is 0 Å². The lowest BCUT2D eigenvalue weighted by Crippen LogP contribution is -1.92. The second kappa shape index (κ2) is 5.14. The van der Waals surface area contributed by atoms with Gasteiger partial charge in [-0.2, -0.15) is 0 Å². The van der Waals surface area contributed by atoms with Crippen LogP contribution in [0.15, 0.2) is 0 Å². The summed E-state index contributed by atoms with van der Waals surface area (Å²) in [5.74, 6) is 0. The van der Waals surface area contributed by atoms with Gasteiger partial charge in [0.15, 0.2) is 9.76 Å². The Morgan fingerprint density at radius 1 is 1.83 bits per heavy atom. The molecule has 0 aromatic rings. The first-order valence-electron chi connectivity index (χ1n) is 2.01. The molecule has 0 amide bonds.